The number of ether oxygens (including phenoxy) is 1. The third-order valence-corrected chi connectivity index (χ3v) is 4.50. The molecule has 0 saturated carbocycles. The first-order chi connectivity index (χ1) is 13.1. The maximum Gasteiger partial charge on any atom is 0.416 e. The van der Waals surface area contributed by atoms with E-state index >= 15 is 0 Å². The molecule has 1 unspecified atom stereocenters. The number of alkyl halides is 3. The highest BCUT2D eigenvalue weighted by atomic mass is 35.5. The first-order valence-corrected chi connectivity index (χ1v) is 8.46. The zero-order chi connectivity index (χ0) is 20.5. The van der Waals surface area contributed by atoms with Gasteiger partial charge >= 0.3 is 6.18 Å². The topological polar surface area (TPSA) is 85.6 Å². The Morgan fingerprint density at radius 2 is 2.07 bits per heavy atom. The number of carbonyl (C=O) groups excluding carboxylic acids is 1. The highest BCUT2D eigenvalue weighted by Crippen LogP contribution is 2.31. The van der Waals surface area contributed by atoms with Crippen LogP contribution in [0.3, 0.4) is 0 Å². The second-order valence-electron chi connectivity index (χ2n) is 6.08. The normalized spacial score (nSPS) is 16.9. The molecule has 0 spiro atoms. The first kappa shape index (κ1) is 19.9. The smallest absolute Gasteiger partial charge is 0.416 e. The van der Waals surface area contributed by atoms with E-state index in [0.29, 0.717) is 6.42 Å². The number of pyridine rings is 1. The Balaban J connectivity index is 1.70. The van der Waals surface area contributed by atoms with E-state index in [1.807, 2.05) is 0 Å². The van der Waals surface area contributed by atoms with E-state index in [-0.39, 0.29) is 35.2 Å². The third kappa shape index (κ3) is 4.33. The molecule has 1 aliphatic rings. The number of nitro benzene ring substituents is 1. The molecule has 1 amide bonds. The summed E-state index contributed by atoms with van der Waals surface area (Å²) in [5.74, 6) is -0.709. The van der Waals surface area contributed by atoms with Crippen molar-refractivity contribution in [3.63, 3.8) is 0 Å². The van der Waals surface area contributed by atoms with E-state index < -0.39 is 28.7 Å². The lowest BCUT2D eigenvalue weighted by molar-refractivity contribution is -0.384. The van der Waals surface area contributed by atoms with Crippen LogP contribution in [0, 0.1) is 10.1 Å². The van der Waals surface area contributed by atoms with Gasteiger partial charge in [0.2, 0.25) is 5.88 Å². The van der Waals surface area contributed by atoms with Gasteiger partial charge in [-0.25, -0.2) is 4.98 Å². The Morgan fingerprint density at radius 3 is 2.75 bits per heavy atom. The fraction of sp³-hybridized carbons (Fsp3) is 0.294. The lowest BCUT2D eigenvalue weighted by Gasteiger charge is -2.18. The van der Waals surface area contributed by atoms with E-state index in [1.165, 1.54) is 17.0 Å². The Bertz CT molecular complexity index is 923. The third-order valence-electron chi connectivity index (χ3n) is 4.17. The van der Waals surface area contributed by atoms with Crippen molar-refractivity contribution in [1.29, 1.82) is 0 Å². The first-order valence-electron chi connectivity index (χ1n) is 8.08. The van der Waals surface area contributed by atoms with Crippen LogP contribution in [0.1, 0.15) is 22.3 Å². The van der Waals surface area contributed by atoms with Crippen LogP contribution >= 0.6 is 11.6 Å². The molecule has 2 heterocycles. The molecule has 0 radical (unpaired) electrons. The number of aromatic nitrogens is 1. The van der Waals surface area contributed by atoms with Gasteiger partial charge in [-0.15, -0.1) is 0 Å². The molecule has 1 atom stereocenters. The van der Waals surface area contributed by atoms with Gasteiger partial charge in [-0.3, -0.25) is 14.9 Å². The number of nitrogens with zero attached hydrogens (tertiary/aromatic N) is 3. The molecular weight excluding hydrogens is 403 g/mol. The molecule has 1 fully saturated rings. The lowest BCUT2D eigenvalue weighted by Crippen LogP contribution is -2.31. The van der Waals surface area contributed by atoms with E-state index in [4.69, 9.17) is 16.3 Å². The van der Waals surface area contributed by atoms with Crippen molar-refractivity contribution in [2.45, 2.75) is 18.7 Å². The number of non-ortho nitro benzene ring substituents is 1. The molecule has 1 aliphatic heterocycles. The predicted octanol–water partition coefficient (Wildman–Crippen LogP) is 3.96. The van der Waals surface area contributed by atoms with Gasteiger partial charge in [0.25, 0.3) is 11.6 Å². The molecule has 0 aliphatic carbocycles. The highest BCUT2D eigenvalue weighted by molar-refractivity contribution is 6.33. The Labute approximate surface area is 161 Å². The number of likely N-dealkylation sites (tertiary alicyclic amines) is 1. The van der Waals surface area contributed by atoms with Crippen LogP contribution in [0.25, 0.3) is 0 Å². The molecule has 148 valence electrons. The van der Waals surface area contributed by atoms with Crippen LogP contribution in [0.5, 0.6) is 5.88 Å². The summed E-state index contributed by atoms with van der Waals surface area (Å²) in [5, 5.41) is 11.0. The number of hydrogen-bond acceptors (Lipinski definition) is 5. The SMILES string of the molecule is O=C(c1cc([N+](=O)[O-])ccc1Cl)N1CCC(Oc2cc(C(F)(F)F)ccn2)C1. The van der Waals surface area contributed by atoms with Crippen molar-refractivity contribution in [3.05, 3.63) is 62.8 Å². The summed E-state index contributed by atoms with van der Waals surface area (Å²) >= 11 is 5.98. The van der Waals surface area contributed by atoms with E-state index in [0.717, 1.165) is 24.4 Å². The second kappa shape index (κ2) is 7.63. The molecule has 28 heavy (non-hydrogen) atoms. The summed E-state index contributed by atoms with van der Waals surface area (Å²) in [6.45, 7) is 0.358. The fourth-order valence-corrected chi connectivity index (χ4v) is 2.99. The van der Waals surface area contributed by atoms with Crippen LogP contribution in [0.2, 0.25) is 5.02 Å². The van der Waals surface area contributed by atoms with E-state index in [1.54, 1.807) is 0 Å². The van der Waals surface area contributed by atoms with Crippen LogP contribution < -0.4 is 4.74 Å². The molecule has 3 rings (SSSR count). The Hall–Kier alpha value is -2.88. The number of hydrogen-bond donors (Lipinski definition) is 0. The van der Waals surface area contributed by atoms with Gasteiger partial charge in [-0.2, -0.15) is 13.2 Å². The molecule has 11 heteroatoms. The van der Waals surface area contributed by atoms with Crippen molar-refractivity contribution in [1.82, 2.24) is 9.88 Å². The molecule has 7 nitrogen and oxygen atoms in total. The maximum atomic E-state index is 12.8. The maximum absolute atomic E-state index is 12.8. The molecular formula is C17H13ClF3N3O4. The number of amides is 1. The monoisotopic (exact) mass is 415 g/mol. The Kier molecular flexibility index (Phi) is 5.41. The number of rotatable bonds is 4. The quantitative estimate of drug-likeness (QED) is 0.557. The van der Waals surface area contributed by atoms with E-state index in [9.17, 15) is 28.1 Å². The molecule has 2 aromatic rings. The van der Waals surface area contributed by atoms with Crippen LogP contribution in [0.15, 0.2) is 36.5 Å². The zero-order valence-electron chi connectivity index (χ0n) is 14.1. The van der Waals surface area contributed by atoms with Gasteiger partial charge in [0.05, 0.1) is 27.6 Å². The van der Waals surface area contributed by atoms with Gasteiger partial charge in [0.15, 0.2) is 0 Å². The average molecular weight is 416 g/mol. The molecule has 1 saturated heterocycles. The number of carbonyl (C=O) groups is 1. The molecule has 0 bridgehead atoms. The number of halogens is 4. The summed E-state index contributed by atoms with van der Waals surface area (Å²) in [6.07, 6.45) is -3.70. The fourth-order valence-electron chi connectivity index (χ4n) is 2.79. The summed E-state index contributed by atoms with van der Waals surface area (Å²) in [4.78, 5) is 28.0. The standard InChI is InChI=1S/C17H13ClF3N3O4/c18-14-2-1-11(24(26)27)8-13(14)16(25)23-6-4-12(9-23)28-15-7-10(3-5-22-15)17(19,20)21/h1-3,5,7-8,12H,4,6,9H2. The van der Waals surface area contributed by atoms with Crippen LogP contribution in [0.4, 0.5) is 18.9 Å². The highest BCUT2D eigenvalue weighted by Gasteiger charge is 2.33. The van der Waals surface area contributed by atoms with Gasteiger partial charge in [0, 0.05) is 37.4 Å². The lowest BCUT2D eigenvalue weighted by atomic mass is 10.2. The predicted molar refractivity (Wildman–Crippen MR) is 92.3 cm³/mol. The number of benzene rings is 1. The Morgan fingerprint density at radius 1 is 1.32 bits per heavy atom. The van der Waals surface area contributed by atoms with Crippen LogP contribution in [-0.2, 0) is 6.18 Å². The minimum Gasteiger partial charge on any atom is -0.472 e. The zero-order valence-corrected chi connectivity index (χ0v) is 14.9. The average Bonchev–Trinajstić information content (AvgIpc) is 3.09. The minimum atomic E-state index is -4.52. The van der Waals surface area contributed by atoms with Gasteiger partial charge in [-0.1, -0.05) is 11.6 Å². The summed E-state index contributed by atoms with van der Waals surface area (Å²) < 4.78 is 43.8. The summed E-state index contributed by atoms with van der Waals surface area (Å²) in [5.41, 5.74) is -1.17. The van der Waals surface area contributed by atoms with Crippen molar-refractivity contribution < 1.29 is 27.6 Å². The van der Waals surface area contributed by atoms with Crippen molar-refractivity contribution >= 4 is 23.2 Å². The summed E-state index contributed by atoms with van der Waals surface area (Å²) in [6, 6.07) is 5.18. The number of nitro groups is 1. The van der Waals surface area contributed by atoms with Crippen molar-refractivity contribution in [2.75, 3.05) is 13.1 Å². The second-order valence-corrected chi connectivity index (χ2v) is 6.49. The minimum absolute atomic E-state index is 0.0197. The molecule has 1 aromatic heterocycles. The van der Waals surface area contributed by atoms with Gasteiger partial charge in [0.1, 0.15) is 6.10 Å². The molecule has 1 aromatic carbocycles. The van der Waals surface area contributed by atoms with Crippen LogP contribution in [-0.4, -0.2) is 39.9 Å². The largest absolute Gasteiger partial charge is 0.472 e. The van der Waals surface area contributed by atoms with Crippen molar-refractivity contribution in [3.8, 4) is 5.88 Å². The van der Waals surface area contributed by atoms with Gasteiger partial charge in [-0.05, 0) is 12.1 Å². The molecule has 0 N–H and O–H groups in total. The van der Waals surface area contributed by atoms with Crippen molar-refractivity contribution in [2.24, 2.45) is 0 Å². The van der Waals surface area contributed by atoms with E-state index in [2.05, 4.69) is 4.98 Å². The summed E-state index contributed by atoms with van der Waals surface area (Å²) in [7, 11) is 0. The van der Waals surface area contributed by atoms with Gasteiger partial charge < -0.3 is 9.64 Å².